The number of hydrogen-bond donors (Lipinski definition) is 2. The third-order valence-electron chi connectivity index (χ3n) is 3.54. The molecule has 0 amide bonds. The van der Waals surface area contributed by atoms with Crippen molar-refractivity contribution in [3.8, 4) is 0 Å². The normalized spacial score (nSPS) is 11.3. The van der Waals surface area contributed by atoms with Gasteiger partial charge in [-0.3, -0.25) is 4.99 Å². The van der Waals surface area contributed by atoms with Crippen LogP contribution in [0.1, 0.15) is 23.6 Å². The second-order valence-corrected chi connectivity index (χ2v) is 5.03. The highest BCUT2D eigenvalue weighted by atomic mass is 19.1. The predicted molar refractivity (Wildman–Crippen MR) is 89.3 cm³/mol. The molecule has 116 valence electrons. The van der Waals surface area contributed by atoms with Gasteiger partial charge in [0.2, 0.25) is 0 Å². The average molecular weight is 299 g/mol. The van der Waals surface area contributed by atoms with Gasteiger partial charge < -0.3 is 10.6 Å². The van der Waals surface area contributed by atoms with Crippen molar-refractivity contribution in [3.05, 3.63) is 71.0 Å². The third-order valence-corrected chi connectivity index (χ3v) is 3.54. The molecule has 0 atom stereocenters. The Morgan fingerprint density at radius 1 is 0.955 bits per heavy atom. The van der Waals surface area contributed by atoms with Crippen LogP contribution in [0.25, 0.3) is 0 Å². The van der Waals surface area contributed by atoms with Crippen molar-refractivity contribution in [3.63, 3.8) is 0 Å². The average Bonchev–Trinajstić information content (AvgIpc) is 2.57. The smallest absolute Gasteiger partial charge is 0.191 e. The second-order valence-electron chi connectivity index (χ2n) is 5.03. The molecule has 0 unspecified atom stereocenters. The predicted octanol–water partition coefficient (Wildman–Crippen LogP) is 3.25. The van der Waals surface area contributed by atoms with Crippen LogP contribution in [0.4, 0.5) is 4.39 Å². The summed E-state index contributed by atoms with van der Waals surface area (Å²) in [5.41, 5.74) is 3.62. The van der Waals surface area contributed by atoms with Gasteiger partial charge in [0.1, 0.15) is 5.82 Å². The minimum absolute atomic E-state index is 0.220. The topological polar surface area (TPSA) is 36.4 Å². The van der Waals surface area contributed by atoms with Gasteiger partial charge in [0.25, 0.3) is 0 Å². The molecular formula is C18H22FN3. The Bertz CT molecular complexity index is 620. The first-order chi connectivity index (χ1) is 10.7. The summed E-state index contributed by atoms with van der Waals surface area (Å²) < 4.78 is 12.9. The van der Waals surface area contributed by atoms with Crippen molar-refractivity contribution in [2.45, 2.75) is 26.4 Å². The van der Waals surface area contributed by atoms with Crippen LogP contribution in [0.5, 0.6) is 0 Å². The molecule has 0 bridgehead atoms. The van der Waals surface area contributed by atoms with Crippen LogP contribution in [0.3, 0.4) is 0 Å². The number of benzene rings is 2. The highest BCUT2D eigenvalue weighted by molar-refractivity contribution is 5.79. The van der Waals surface area contributed by atoms with Gasteiger partial charge in [-0.1, -0.05) is 43.3 Å². The minimum Gasteiger partial charge on any atom is -0.352 e. The fraction of sp³-hybridized carbons (Fsp3) is 0.278. The van der Waals surface area contributed by atoms with Crippen molar-refractivity contribution in [2.24, 2.45) is 4.99 Å². The lowest BCUT2D eigenvalue weighted by Gasteiger charge is -2.14. The number of halogens is 1. The molecule has 2 rings (SSSR count). The molecule has 2 aromatic carbocycles. The van der Waals surface area contributed by atoms with Gasteiger partial charge in [-0.05, 0) is 35.2 Å². The number of guanidine groups is 1. The van der Waals surface area contributed by atoms with Gasteiger partial charge in [0, 0.05) is 20.1 Å². The van der Waals surface area contributed by atoms with E-state index in [1.54, 1.807) is 19.2 Å². The zero-order chi connectivity index (χ0) is 15.8. The number of aryl methyl sites for hydroxylation is 1. The number of rotatable bonds is 5. The maximum absolute atomic E-state index is 12.9. The van der Waals surface area contributed by atoms with Crippen molar-refractivity contribution >= 4 is 5.96 Å². The van der Waals surface area contributed by atoms with E-state index < -0.39 is 0 Å². The Hall–Kier alpha value is -2.36. The van der Waals surface area contributed by atoms with Gasteiger partial charge in [0.15, 0.2) is 5.96 Å². The monoisotopic (exact) mass is 299 g/mol. The number of aliphatic imine (C=N–C) groups is 1. The largest absolute Gasteiger partial charge is 0.352 e. The van der Waals surface area contributed by atoms with Crippen LogP contribution in [-0.4, -0.2) is 13.0 Å². The summed E-state index contributed by atoms with van der Waals surface area (Å²) in [5, 5.41) is 6.54. The zero-order valence-electron chi connectivity index (χ0n) is 13.1. The Morgan fingerprint density at radius 3 is 2.23 bits per heavy atom. The Labute approximate surface area is 131 Å². The van der Waals surface area contributed by atoms with Gasteiger partial charge in [-0.25, -0.2) is 4.39 Å². The van der Waals surface area contributed by atoms with Crippen molar-refractivity contribution in [1.82, 2.24) is 10.6 Å². The van der Waals surface area contributed by atoms with Gasteiger partial charge in [0.05, 0.1) is 0 Å². The number of nitrogens with one attached hydrogen (secondary N) is 2. The molecule has 22 heavy (non-hydrogen) atoms. The second kappa shape index (κ2) is 8.17. The number of hydrogen-bond acceptors (Lipinski definition) is 1. The molecule has 0 saturated heterocycles. The first kappa shape index (κ1) is 16.0. The molecule has 0 aliphatic heterocycles. The molecule has 2 N–H and O–H groups in total. The molecule has 0 heterocycles. The fourth-order valence-corrected chi connectivity index (χ4v) is 2.26. The van der Waals surface area contributed by atoms with Crippen LogP contribution in [-0.2, 0) is 19.5 Å². The maximum atomic E-state index is 12.9. The molecule has 0 aliphatic carbocycles. The maximum Gasteiger partial charge on any atom is 0.191 e. The Morgan fingerprint density at radius 2 is 1.59 bits per heavy atom. The third kappa shape index (κ3) is 4.58. The summed E-state index contributed by atoms with van der Waals surface area (Å²) in [6, 6.07) is 14.8. The van der Waals surface area contributed by atoms with E-state index in [0.29, 0.717) is 6.54 Å². The van der Waals surface area contributed by atoms with Crippen molar-refractivity contribution < 1.29 is 4.39 Å². The van der Waals surface area contributed by atoms with E-state index in [1.807, 2.05) is 6.07 Å². The Kier molecular flexibility index (Phi) is 5.95. The first-order valence-corrected chi connectivity index (χ1v) is 7.48. The van der Waals surface area contributed by atoms with Crippen LogP contribution in [0, 0.1) is 5.82 Å². The molecule has 4 heteroatoms. The van der Waals surface area contributed by atoms with Crippen LogP contribution in [0.2, 0.25) is 0 Å². The lowest BCUT2D eigenvalue weighted by molar-refractivity contribution is 0.626. The molecule has 0 radical (unpaired) electrons. The van der Waals surface area contributed by atoms with E-state index >= 15 is 0 Å². The van der Waals surface area contributed by atoms with E-state index in [0.717, 1.165) is 24.5 Å². The van der Waals surface area contributed by atoms with E-state index in [2.05, 4.69) is 40.7 Å². The molecule has 0 aromatic heterocycles. The highest BCUT2D eigenvalue weighted by Crippen LogP contribution is 2.08. The van der Waals surface area contributed by atoms with Crippen LogP contribution >= 0.6 is 0 Å². The minimum atomic E-state index is -0.220. The van der Waals surface area contributed by atoms with E-state index in [1.165, 1.54) is 23.3 Å². The molecular weight excluding hydrogens is 277 g/mol. The molecule has 2 aromatic rings. The highest BCUT2D eigenvalue weighted by Gasteiger charge is 2.02. The summed E-state index contributed by atoms with van der Waals surface area (Å²) in [6.07, 6.45) is 1.01. The van der Waals surface area contributed by atoms with Crippen molar-refractivity contribution in [2.75, 3.05) is 7.05 Å². The van der Waals surface area contributed by atoms with Gasteiger partial charge in [-0.2, -0.15) is 0 Å². The molecule has 0 aliphatic rings. The lowest BCUT2D eigenvalue weighted by atomic mass is 10.1. The standard InChI is InChI=1S/C18H22FN3/c1-3-15-6-4-5-7-16(15)13-22-18(20-2)21-12-14-8-10-17(19)11-9-14/h4-11H,3,12-13H2,1-2H3,(H2,20,21,22). The first-order valence-electron chi connectivity index (χ1n) is 7.48. The molecule has 0 spiro atoms. The van der Waals surface area contributed by atoms with Crippen LogP contribution < -0.4 is 10.6 Å². The summed E-state index contributed by atoms with van der Waals surface area (Å²) in [5.74, 6) is 0.512. The zero-order valence-corrected chi connectivity index (χ0v) is 13.1. The SMILES string of the molecule is CCc1ccccc1CNC(=NC)NCc1ccc(F)cc1. The molecule has 3 nitrogen and oxygen atoms in total. The fourth-order valence-electron chi connectivity index (χ4n) is 2.26. The Balaban J connectivity index is 1.88. The lowest BCUT2D eigenvalue weighted by Crippen LogP contribution is -2.36. The number of nitrogens with zero attached hydrogens (tertiary/aromatic N) is 1. The molecule has 0 saturated carbocycles. The van der Waals surface area contributed by atoms with E-state index in [4.69, 9.17) is 0 Å². The quantitative estimate of drug-likeness (QED) is 0.657. The van der Waals surface area contributed by atoms with Crippen molar-refractivity contribution in [1.29, 1.82) is 0 Å². The van der Waals surface area contributed by atoms with Gasteiger partial charge in [-0.15, -0.1) is 0 Å². The van der Waals surface area contributed by atoms with E-state index in [9.17, 15) is 4.39 Å². The summed E-state index contributed by atoms with van der Waals surface area (Å²) >= 11 is 0. The summed E-state index contributed by atoms with van der Waals surface area (Å²) in [4.78, 5) is 4.21. The summed E-state index contributed by atoms with van der Waals surface area (Å²) in [7, 11) is 1.74. The summed E-state index contributed by atoms with van der Waals surface area (Å²) in [6.45, 7) is 3.49. The molecule has 0 fully saturated rings. The van der Waals surface area contributed by atoms with E-state index in [-0.39, 0.29) is 5.82 Å². The van der Waals surface area contributed by atoms with Crippen LogP contribution in [0.15, 0.2) is 53.5 Å². The van der Waals surface area contributed by atoms with Gasteiger partial charge >= 0.3 is 0 Å².